The van der Waals surface area contributed by atoms with Crippen molar-refractivity contribution in [3.63, 3.8) is 0 Å². The van der Waals surface area contributed by atoms with Crippen molar-refractivity contribution < 1.29 is 9.53 Å². The molecular weight excluding hydrogens is 348 g/mol. The molecule has 4 heteroatoms. The molecular formula is C24H30N2O2. The van der Waals surface area contributed by atoms with Crippen LogP contribution in [0, 0.1) is 0 Å². The minimum absolute atomic E-state index is 0.140. The molecule has 2 aromatic rings. The number of hydrogen-bond acceptors (Lipinski definition) is 3. The Morgan fingerprint density at radius 1 is 1.04 bits per heavy atom. The summed E-state index contributed by atoms with van der Waals surface area (Å²) in [5.41, 5.74) is 3.51. The first-order valence-corrected chi connectivity index (χ1v) is 10.5. The van der Waals surface area contributed by atoms with E-state index in [2.05, 4.69) is 23.1 Å². The van der Waals surface area contributed by atoms with Crippen LogP contribution >= 0.6 is 0 Å². The van der Waals surface area contributed by atoms with Crippen LogP contribution in [0.3, 0.4) is 0 Å². The van der Waals surface area contributed by atoms with Crippen molar-refractivity contribution in [1.29, 1.82) is 0 Å². The molecule has 0 unspecified atom stereocenters. The standard InChI is InChI=1S/C24H30N2O2/c1-19(21-8-4-2-5-9-21)24(27)26-14-15-28-23-11-10-20(16-22(23)18-26)17-25-12-6-3-7-13-25/h2,4-5,8-11,16,19H,3,6-7,12-15,17-18H2,1H3/t19-/m1/s1. The molecule has 0 aromatic heterocycles. The summed E-state index contributed by atoms with van der Waals surface area (Å²) in [7, 11) is 0. The fraction of sp³-hybridized carbons (Fsp3) is 0.458. The van der Waals surface area contributed by atoms with Crippen LogP contribution in [0.4, 0.5) is 0 Å². The van der Waals surface area contributed by atoms with Gasteiger partial charge in [0.05, 0.1) is 12.5 Å². The SMILES string of the molecule is C[C@@H](C(=O)N1CCOc2ccc(CN3CCCCC3)cc2C1)c1ccccc1. The Morgan fingerprint density at radius 3 is 2.61 bits per heavy atom. The lowest BCUT2D eigenvalue weighted by Gasteiger charge is -2.27. The maximum atomic E-state index is 13.1. The lowest BCUT2D eigenvalue weighted by molar-refractivity contribution is -0.133. The number of piperidine rings is 1. The van der Waals surface area contributed by atoms with Crippen LogP contribution in [0.25, 0.3) is 0 Å². The van der Waals surface area contributed by atoms with E-state index in [9.17, 15) is 4.79 Å². The summed E-state index contributed by atoms with van der Waals surface area (Å²) in [6.45, 7) is 7.16. The van der Waals surface area contributed by atoms with Gasteiger partial charge in [-0.3, -0.25) is 9.69 Å². The number of carbonyl (C=O) groups is 1. The van der Waals surface area contributed by atoms with Gasteiger partial charge in [0.2, 0.25) is 5.91 Å². The summed E-state index contributed by atoms with van der Waals surface area (Å²) in [4.78, 5) is 17.6. The van der Waals surface area contributed by atoms with E-state index in [0.29, 0.717) is 19.7 Å². The van der Waals surface area contributed by atoms with E-state index in [0.717, 1.165) is 23.4 Å². The number of carbonyl (C=O) groups excluding carboxylic acids is 1. The van der Waals surface area contributed by atoms with Gasteiger partial charge in [-0.1, -0.05) is 42.8 Å². The van der Waals surface area contributed by atoms with Crippen molar-refractivity contribution >= 4 is 5.91 Å². The van der Waals surface area contributed by atoms with Gasteiger partial charge in [0.1, 0.15) is 12.4 Å². The summed E-state index contributed by atoms with van der Waals surface area (Å²) in [5, 5.41) is 0. The monoisotopic (exact) mass is 378 g/mol. The molecule has 0 aliphatic carbocycles. The van der Waals surface area contributed by atoms with E-state index < -0.39 is 0 Å². The Morgan fingerprint density at radius 2 is 1.82 bits per heavy atom. The van der Waals surface area contributed by atoms with Gasteiger partial charge in [-0.25, -0.2) is 0 Å². The quantitative estimate of drug-likeness (QED) is 0.799. The molecule has 0 saturated carbocycles. The first-order chi connectivity index (χ1) is 13.7. The maximum absolute atomic E-state index is 13.1. The summed E-state index contributed by atoms with van der Waals surface area (Å²) < 4.78 is 5.95. The lowest BCUT2D eigenvalue weighted by Crippen LogP contribution is -2.35. The number of rotatable bonds is 4. The molecule has 1 atom stereocenters. The zero-order valence-corrected chi connectivity index (χ0v) is 16.8. The van der Waals surface area contributed by atoms with Crippen LogP contribution in [0.5, 0.6) is 5.75 Å². The summed E-state index contributed by atoms with van der Waals surface area (Å²) in [6, 6.07) is 16.5. The van der Waals surface area contributed by atoms with Gasteiger partial charge in [0.15, 0.2) is 0 Å². The zero-order chi connectivity index (χ0) is 19.3. The third-order valence-electron chi connectivity index (χ3n) is 5.94. The maximum Gasteiger partial charge on any atom is 0.230 e. The Hall–Kier alpha value is -2.33. The van der Waals surface area contributed by atoms with Gasteiger partial charge >= 0.3 is 0 Å². The second-order valence-electron chi connectivity index (χ2n) is 8.02. The van der Waals surface area contributed by atoms with Crippen LogP contribution in [0.15, 0.2) is 48.5 Å². The van der Waals surface area contributed by atoms with E-state index in [4.69, 9.17) is 4.74 Å². The Labute approximate surface area is 168 Å². The molecule has 1 saturated heterocycles. The second kappa shape index (κ2) is 8.78. The van der Waals surface area contributed by atoms with Gasteiger partial charge < -0.3 is 9.64 Å². The molecule has 0 spiro atoms. The van der Waals surface area contributed by atoms with Crippen LogP contribution in [-0.2, 0) is 17.9 Å². The van der Waals surface area contributed by atoms with Crippen LogP contribution in [0.1, 0.15) is 48.8 Å². The first-order valence-electron chi connectivity index (χ1n) is 10.5. The van der Waals surface area contributed by atoms with Gasteiger partial charge in [0.25, 0.3) is 0 Å². The minimum atomic E-state index is -0.140. The third-order valence-corrected chi connectivity index (χ3v) is 5.94. The summed E-state index contributed by atoms with van der Waals surface area (Å²) in [6.07, 6.45) is 3.95. The van der Waals surface area contributed by atoms with Crippen molar-refractivity contribution in [2.45, 2.75) is 45.2 Å². The number of benzene rings is 2. The average Bonchev–Trinajstić information content (AvgIpc) is 2.96. The van der Waals surface area contributed by atoms with E-state index in [1.165, 1.54) is 37.9 Å². The summed E-state index contributed by atoms with van der Waals surface area (Å²) in [5.74, 6) is 0.952. The molecule has 2 heterocycles. The number of hydrogen-bond donors (Lipinski definition) is 0. The van der Waals surface area contributed by atoms with Crippen molar-refractivity contribution in [2.75, 3.05) is 26.2 Å². The van der Waals surface area contributed by atoms with Crippen molar-refractivity contribution in [3.05, 3.63) is 65.2 Å². The normalized spacial score (nSPS) is 18.7. The van der Waals surface area contributed by atoms with Gasteiger partial charge in [-0.15, -0.1) is 0 Å². The van der Waals surface area contributed by atoms with Gasteiger partial charge in [0, 0.05) is 18.7 Å². The van der Waals surface area contributed by atoms with E-state index in [-0.39, 0.29) is 11.8 Å². The number of likely N-dealkylation sites (tertiary alicyclic amines) is 1. The molecule has 1 amide bonds. The van der Waals surface area contributed by atoms with Gasteiger partial charge in [-0.05, 0) is 56.1 Å². The molecule has 0 N–H and O–H groups in total. The van der Waals surface area contributed by atoms with Crippen LogP contribution < -0.4 is 4.74 Å². The molecule has 1 fully saturated rings. The van der Waals surface area contributed by atoms with Crippen molar-refractivity contribution in [1.82, 2.24) is 9.80 Å². The largest absolute Gasteiger partial charge is 0.491 e. The molecule has 2 aliphatic rings. The van der Waals surface area contributed by atoms with E-state index >= 15 is 0 Å². The fourth-order valence-electron chi connectivity index (χ4n) is 4.27. The van der Waals surface area contributed by atoms with Crippen LogP contribution in [0.2, 0.25) is 0 Å². The average molecular weight is 379 g/mol. The molecule has 4 rings (SSSR count). The number of fused-ring (bicyclic) bond motifs is 1. The predicted octanol–water partition coefficient (Wildman–Crippen LogP) is 4.20. The topological polar surface area (TPSA) is 32.8 Å². The molecule has 148 valence electrons. The second-order valence-corrected chi connectivity index (χ2v) is 8.02. The van der Waals surface area contributed by atoms with Gasteiger partial charge in [-0.2, -0.15) is 0 Å². The minimum Gasteiger partial charge on any atom is -0.491 e. The number of ether oxygens (including phenoxy) is 1. The highest BCUT2D eigenvalue weighted by Gasteiger charge is 2.25. The summed E-state index contributed by atoms with van der Waals surface area (Å²) >= 11 is 0. The zero-order valence-electron chi connectivity index (χ0n) is 16.8. The van der Waals surface area contributed by atoms with Crippen molar-refractivity contribution in [3.8, 4) is 5.75 Å². The third kappa shape index (κ3) is 4.39. The highest BCUT2D eigenvalue weighted by molar-refractivity contribution is 5.83. The molecule has 4 nitrogen and oxygen atoms in total. The Bertz CT molecular complexity index is 800. The molecule has 2 aliphatic heterocycles. The number of amides is 1. The van der Waals surface area contributed by atoms with Crippen LogP contribution in [-0.4, -0.2) is 41.9 Å². The smallest absolute Gasteiger partial charge is 0.230 e. The predicted molar refractivity (Wildman–Crippen MR) is 111 cm³/mol. The molecule has 28 heavy (non-hydrogen) atoms. The van der Waals surface area contributed by atoms with Crippen molar-refractivity contribution in [2.24, 2.45) is 0 Å². The first kappa shape index (κ1) is 19.0. The Kier molecular flexibility index (Phi) is 5.96. The lowest BCUT2D eigenvalue weighted by atomic mass is 9.99. The fourth-order valence-corrected chi connectivity index (χ4v) is 4.27. The highest BCUT2D eigenvalue weighted by atomic mass is 16.5. The molecule has 2 aromatic carbocycles. The van der Waals surface area contributed by atoms with E-state index in [1.807, 2.05) is 42.2 Å². The molecule has 0 radical (unpaired) electrons. The Balaban J connectivity index is 1.48. The molecule has 0 bridgehead atoms. The highest BCUT2D eigenvalue weighted by Crippen LogP contribution is 2.27. The van der Waals surface area contributed by atoms with E-state index in [1.54, 1.807) is 0 Å². The number of nitrogens with zero attached hydrogens (tertiary/aromatic N) is 2.